The summed E-state index contributed by atoms with van der Waals surface area (Å²) in [7, 11) is 0. The largest absolute Gasteiger partial charge is 0.464 e. The van der Waals surface area contributed by atoms with Crippen molar-refractivity contribution in [2.75, 3.05) is 18.4 Å². The van der Waals surface area contributed by atoms with Crippen LogP contribution in [0.5, 0.6) is 0 Å². The van der Waals surface area contributed by atoms with Crippen LogP contribution in [-0.2, 0) is 11.3 Å². The maximum absolute atomic E-state index is 13.1. The van der Waals surface area contributed by atoms with Gasteiger partial charge in [0, 0.05) is 31.1 Å². The molecule has 28 heavy (non-hydrogen) atoms. The van der Waals surface area contributed by atoms with E-state index >= 15 is 0 Å². The van der Waals surface area contributed by atoms with Crippen molar-refractivity contribution in [2.24, 2.45) is 0 Å². The Bertz CT molecular complexity index is 860. The number of amides is 3. The number of rotatable bonds is 4. The summed E-state index contributed by atoms with van der Waals surface area (Å²) in [6.45, 7) is 5.02. The van der Waals surface area contributed by atoms with Gasteiger partial charge < -0.3 is 19.5 Å². The van der Waals surface area contributed by atoms with Crippen molar-refractivity contribution in [1.29, 1.82) is 0 Å². The lowest BCUT2D eigenvalue weighted by Crippen LogP contribution is -2.49. The summed E-state index contributed by atoms with van der Waals surface area (Å²) in [5.74, 6) is 1.56. The van der Waals surface area contributed by atoms with Crippen molar-refractivity contribution in [3.05, 3.63) is 51.9 Å². The number of nitrogens with zero attached hydrogens (tertiary/aromatic N) is 2. The highest BCUT2D eigenvalue weighted by atomic mass is 35.5. The molecule has 1 aromatic carbocycles. The molecule has 0 saturated carbocycles. The minimum atomic E-state index is -0.278. The summed E-state index contributed by atoms with van der Waals surface area (Å²) in [6, 6.07) is 8.38. The Balaban J connectivity index is 1.78. The van der Waals surface area contributed by atoms with Crippen molar-refractivity contribution in [1.82, 2.24) is 9.80 Å². The van der Waals surface area contributed by atoms with Gasteiger partial charge in [-0.1, -0.05) is 23.2 Å². The minimum Gasteiger partial charge on any atom is -0.464 e. The van der Waals surface area contributed by atoms with E-state index in [1.807, 2.05) is 19.1 Å². The zero-order valence-electron chi connectivity index (χ0n) is 15.9. The van der Waals surface area contributed by atoms with Gasteiger partial charge in [0.1, 0.15) is 11.5 Å². The van der Waals surface area contributed by atoms with Crippen molar-refractivity contribution in [3.63, 3.8) is 0 Å². The summed E-state index contributed by atoms with van der Waals surface area (Å²) in [6.07, 6.45) is 1.41. The van der Waals surface area contributed by atoms with Crippen molar-refractivity contribution in [2.45, 2.75) is 39.3 Å². The van der Waals surface area contributed by atoms with E-state index in [-0.39, 0.29) is 18.0 Å². The van der Waals surface area contributed by atoms with Crippen molar-refractivity contribution >= 4 is 40.8 Å². The number of likely N-dealkylation sites (tertiary alicyclic amines) is 1. The fourth-order valence-electron chi connectivity index (χ4n) is 3.38. The Morgan fingerprint density at radius 2 is 1.93 bits per heavy atom. The number of hydrogen-bond acceptors (Lipinski definition) is 3. The number of anilines is 1. The Morgan fingerprint density at radius 3 is 2.54 bits per heavy atom. The number of furan rings is 1. The van der Waals surface area contributed by atoms with Crippen LogP contribution in [0.4, 0.5) is 10.5 Å². The summed E-state index contributed by atoms with van der Waals surface area (Å²) in [4.78, 5) is 28.2. The summed E-state index contributed by atoms with van der Waals surface area (Å²) in [5.41, 5.74) is 0.459. The fraction of sp³-hybridized carbons (Fsp3) is 0.400. The van der Waals surface area contributed by atoms with Gasteiger partial charge >= 0.3 is 6.03 Å². The lowest BCUT2D eigenvalue weighted by molar-refractivity contribution is -0.130. The van der Waals surface area contributed by atoms with E-state index in [9.17, 15) is 9.59 Å². The van der Waals surface area contributed by atoms with E-state index in [4.69, 9.17) is 27.6 Å². The molecular formula is C20H23Cl2N3O3. The molecule has 150 valence electrons. The number of piperidine rings is 1. The first kappa shape index (κ1) is 20.6. The third-order valence-corrected chi connectivity index (χ3v) is 5.47. The molecule has 0 radical (unpaired) electrons. The molecule has 1 saturated heterocycles. The predicted molar refractivity (Wildman–Crippen MR) is 110 cm³/mol. The number of carbonyl (C=O) groups excluding carboxylic acids is 2. The fourth-order valence-corrected chi connectivity index (χ4v) is 3.71. The third kappa shape index (κ3) is 5.00. The molecule has 8 heteroatoms. The van der Waals surface area contributed by atoms with Crippen LogP contribution < -0.4 is 5.32 Å². The Labute approximate surface area is 174 Å². The Morgan fingerprint density at radius 1 is 1.21 bits per heavy atom. The first-order valence-corrected chi connectivity index (χ1v) is 9.92. The van der Waals surface area contributed by atoms with E-state index < -0.39 is 0 Å². The zero-order chi connectivity index (χ0) is 20.3. The van der Waals surface area contributed by atoms with Gasteiger partial charge in [0.2, 0.25) is 5.91 Å². The van der Waals surface area contributed by atoms with Gasteiger partial charge in [-0.15, -0.1) is 0 Å². The van der Waals surface area contributed by atoms with Crippen LogP contribution in [0.3, 0.4) is 0 Å². The molecule has 1 N–H and O–H groups in total. The van der Waals surface area contributed by atoms with Crippen LogP contribution in [0.2, 0.25) is 10.0 Å². The molecule has 1 aromatic heterocycles. The van der Waals surface area contributed by atoms with E-state index in [2.05, 4.69) is 5.32 Å². The van der Waals surface area contributed by atoms with E-state index in [1.165, 1.54) is 0 Å². The smallest absolute Gasteiger partial charge is 0.322 e. The average Bonchev–Trinajstić information content (AvgIpc) is 3.07. The molecule has 0 unspecified atom stereocenters. The number of aryl methyl sites for hydroxylation is 1. The highest BCUT2D eigenvalue weighted by Crippen LogP contribution is 2.27. The molecule has 6 nitrogen and oxygen atoms in total. The zero-order valence-corrected chi connectivity index (χ0v) is 17.4. The monoisotopic (exact) mass is 423 g/mol. The highest BCUT2D eigenvalue weighted by molar-refractivity contribution is 6.35. The molecule has 3 amide bonds. The first-order valence-electron chi connectivity index (χ1n) is 9.17. The lowest BCUT2D eigenvalue weighted by Gasteiger charge is -2.38. The molecule has 3 rings (SSSR count). The van der Waals surface area contributed by atoms with Gasteiger partial charge in [-0.05, 0) is 50.1 Å². The second kappa shape index (κ2) is 8.88. The normalized spacial score (nSPS) is 14.8. The van der Waals surface area contributed by atoms with Crippen LogP contribution in [0.25, 0.3) is 0 Å². The van der Waals surface area contributed by atoms with Gasteiger partial charge in [-0.3, -0.25) is 4.79 Å². The quantitative estimate of drug-likeness (QED) is 0.756. The Kier molecular flexibility index (Phi) is 6.52. The topological polar surface area (TPSA) is 65.8 Å². The van der Waals surface area contributed by atoms with Crippen molar-refractivity contribution in [3.8, 4) is 0 Å². The second-order valence-electron chi connectivity index (χ2n) is 6.93. The van der Waals surface area contributed by atoms with Crippen LogP contribution in [0.15, 0.2) is 34.7 Å². The van der Waals surface area contributed by atoms with Gasteiger partial charge in [0.25, 0.3) is 0 Å². The summed E-state index contributed by atoms with van der Waals surface area (Å²) >= 11 is 12.2. The molecule has 1 aliphatic heterocycles. The maximum Gasteiger partial charge on any atom is 0.322 e. The number of benzene rings is 1. The number of carbonyl (C=O) groups is 2. The van der Waals surface area contributed by atoms with E-state index in [1.54, 1.807) is 34.9 Å². The minimum absolute atomic E-state index is 0.0148. The standard InChI is InChI=1S/C20H23Cl2N3O3/c1-13-3-5-17(28-13)12-25(16-7-9-24(10-8-16)14(2)26)20(27)23-19-11-15(21)4-6-18(19)22/h3-6,11,16H,7-10,12H2,1-2H3,(H,23,27). The second-order valence-corrected chi connectivity index (χ2v) is 7.78. The van der Waals surface area contributed by atoms with Crippen LogP contribution in [0, 0.1) is 6.92 Å². The van der Waals surface area contributed by atoms with Gasteiger partial charge in [0.15, 0.2) is 0 Å². The molecule has 0 atom stereocenters. The number of hydrogen-bond donors (Lipinski definition) is 1. The summed E-state index contributed by atoms with van der Waals surface area (Å²) < 4.78 is 5.67. The van der Waals surface area contributed by atoms with Crippen LogP contribution in [-0.4, -0.2) is 40.9 Å². The van der Waals surface area contributed by atoms with Crippen LogP contribution in [0.1, 0.15) is 31.3 Å². The highest BCUT2D eigenvalue weighted by Gasteiger charge is 2.30. The molecule has 2 heterocycles. The molecule has 0 aliphatic carbocycles. The first-order chi connectivity index (χ1) is 13.3. The van der Waals surface area contributed by atoms with E-state index in [0.717, 1.165) is 5.76 Å². The number of nitrogens with one attached hydrogen (secondary N) is 1. The SMILES string of the molecule is CC(=O)N1CCC(N(Cc2ccc(C)o2)C(=O)Nc2cc(Cl)ccc2Cl)CC1. The average molecular weight is 424 g/mol. The van der Waals surface area contributed by atoms with E-state index in [0.29, 0.717) is 54.0 Å². The van der Waals surface area contributed by atoms with Crippen LogP contribution >= 0.6 is 23.2 Å². The third-order valence-electron chi connectivity index (χ3n) is 4.90. The molecule has 2 aromatic rings. The molecule has 1 aliphatic rings. The lowest BCUT2D eigenvalue weighted by atomic mass is 10.0. The predicted octanol–water partition coefficient (Wildman–Crippen LogP) is 4.94. The number of halogens is 2. The van der Waals surface area contributed by atoms with Gasteiger partial charge in [0.05, 0.1) is 17.3 Å². The van der Waals surface area contributed by atoms with Gasteiger partial charge in [-0.2, -0.15) is 0 Å². The molecule has 0 bridgehead atoms. The Hall–Kier alpha value is -2.18. The van der Waals surface area contributed by atoms with Gasteiger partial charge in [-0.25, -0.2) is 4.79 Å². The molecule has 0 spiro atoms. The summed E-state index contributed by atoms with van der Waals surface area (Å²) in [5, 5.41) is 3.76. The maximum atomic E-state index is 13.1. The number of urea groups is 1. The molecule has 1 fully saturated rings. The van der Waals surface area contributed by atoms with Crippen molar-refractivity contribution < 1.29 is 14.0 Å². The molecular weight excluding hydrogens is 401 g/mol.